The topological polar surface area (TPSA) is 86.7 Å². The zero-order chi connectivity index (χ0) is 15.0. The molecule has 1 unspecified atom stereocenters. The average Bonchev–Trinajstić information content (AvgIpc) is 2.37. The number of carboxylic acid groups (broad SMARTS) is 1. The molecule has 1 fully saturated rings. The Morgan fingerprint density at radius 1 is 1.40 bits per heavy atom. The van der Waals surface area contributed by atoms with Crippen molar-refractivity contribution < 1.29 is 18.3 Å². The van der Waals surface area contributed by atoms with Gasteiger partial charge in [-0.1, -0.05) is 6.92 Å². The Bertz CT molecular complexity index is 397. The smallest absolute Gasteiger partial charge is 0.317 e. The summed E-state index contributed by atoms with van der Waals surface area (Å²) in [7, 11) is -2.91. The minimum Gasteiger partial charge on any atom is -0.480 e. The molecule has 1 aliphatic rings. The van der Waals surface area contributed by atoms with Gasteiger partial charge in [0.25, 0.3) is 0 Å². The number of aliphatic carboxylic acids is 1. The fourth-order valence-corrected chi connectivity index (χ4v) is 3.95. The maximum Gasteiger partial charge on any atom is 0.317 e. The van der Waals surface area contributed by atoms with E-state index >= 15 is 0 Å². The van der Waals surface area contributed by atoms with Gasteiger partial charge in [0.15, 0.2) is 9.84 Å². The lowest BCUT2D eigenvalue weighted by Gasteiger charge is -2.32. The normalized spacial score (nSPS) is 20.9. The second-order valence-electron chi connectivity index (χ2n) is 5.49. The van der Waals surface area contributed by atoms with Crippen molar-refractivity contribution in [1.82, 2.24) is 10.2 Å². The average molecular weight is 306 g/mol. The van der Waals surface area contributed by atoms with E-state index in [1.807, 2.05) is 6.92 Å². The van der Waals surface area contributed by atoms with Gasteiger partial charge in [0.05, 0.1) is 12.3 Å². The minimum absolute atomic E-state index is 0.0125. The van der Waals surface area contributed by atoms with Crippen molar-refractivity contribution in [2.75, 3.05) is 44.2 Å². The highest BCUT2D eigenvalue weighted by molar-refractivity contribution is 7.91. The molecule has 0 aliphatic carbocycles. The van der Waals surface area contributed by atoms with Crippen molar-refractivity contribution in [3.8, 4) is 0 Å². The van der Waals surface area contributed by atoms with Gasteiger partial charge in [0.2, 0.25) is 0 Å². The molecule has 1 saturated heterocycles. The van der Waals surface area contributed by atoms with E-state index in [-0.39, 0.29) is 18.1 Å². The molecule has 1 aliphatic heterocycles. The van der Waals surface area contributed by atoms with Crippen LogP contribution >= 0.6 is 0 Å². The Balaban J connectivity index is 2.28. The van der Waals surface area contributed by atoms with Crippen molar-refractivity contribution in [2.45, 2.75) is 26.2 Å². The van der Waals surface area contributed by atoms with Gasteiger partial charge in [-0.2, -0.15) is 0 Å². The molecular formula is C13H26N2O4S. The SMILES string of the molecule is CCCS(=O)(=O)CCN1CCCC(CNCC(=O)O)C1. The van der Waals surface area contributed by atoms with Crippen LogP contribution in [0.2, 0.25) is 0 Å². The molecule has 2 N–H and O–H groups in total. The van der Waals surface area contributed by atoms with Crippen molar-refractivity contribution in [3.63, 3.8) is 0 Å². The number of hydrogen-bond donors (Lipinski definition) is 2. The zero-order valence-corrected chi connectivity index (χ0v) is 13.0. The third kappa shape index (κ3) is 7.21. The van der Waals surface area contributed by atoms with E-state index in [0.717, 1.165) is 25.9 Å². The number of rotatable bonds is 9. The van der Waals surface area contributed by atoms with E-state index in [0.29, 0.717) is 25.4 Å². The molecular weight excluding hydrogens is 280 g/mol. The summed E-state index contributed by atoms with van der Waals surface area (Å²) in [4.78, 5) is 12.6. The molecule has 118 valence electrons. The second kappa shape index (κ2) is 8.59. The molecule has 0 aromatic rings. The number of likely N-dealkylation sites (tertiary alicyclic amines) is 1. The van der Waals surface area contributed by atoms with Gasteiger partial charge >= 0.3 is 5.97 Å². The molecule has 0 spiro atoms. The first kappa shape index (κ1) is 17.4. The van der Waals surface area contributed by atoms with Crippen molar-refractivity contribution in [3.05, 3.63) is 0 Å². The summed E-state index contributed by atoms with van der Waals surface area (Å²) in [5, 5.41) is 11.5. The van der Waals surface area contributed by atoms with Crippen LogP contribution in [0.25, 0.3) is 0 Å². The molecule has 0 aromatic heterocycles. The Morgan fingerprint density at radius 3 is 2.80 bits per heavy atom. The lowest BCUT2D eigenvalue weighted by atomic mass is 9.98. The van der Waals surface area contributed by atoms with E-state index in [9.17, 15) is 13.2 Å². The van der Waals surface area contributed by atoms with Crippen LogP contribution in [0.4, 0.5) is 0 Å². The summed E-state index contributed by atoms with van der Waals surface area (Å²) < 4.78 is 23.4. The van der Waals surface area contributed by atoms with Crippen LogP contribution in [-0.4, -0.2) is 68.6 Å². The third-order valence-corrected chi connectivity index (χ3v) is 5.38. The van der Waals surface area contributed by atoms with Crippen LogP contribution in [0.3, 0.4) is 0 Å². The van der Waals surface area contributed by atoms with Crippen molar-refractivity contribution in [1.29, 1.82) is 0 Å². The predicted molar refractivity (Wildman–Crippen MR) is 78.6 cm³/mol. The Kier molecular flexibility index (Phi) is 7.47. The third-order valence-electron chi connectivity index (χ3n) is 3.55. The van der Waals surface area contributed by atoms with Crippen LogP contribution in [0.5, 0.6) is 0 Å². The number of sulfone groups is 1. The summed E-state index contributed by atoms with van der Waals surface area (Å²) in [5.41, 5.74) is 0. The van der Waals surface area contributed by atoms with E-state index in [1.54, 1.807) is 0 Å². The van der Waals surface area contributed by atoms with Crippen molar-refractivity contribution in [2.24, 2.45) is 5.92 Å². The van der Waals surface area contributed by atoms with Gasteiger partial charge in [-0.05, 0) is 38.3 Å². The first-order chi connectivity index (χ1) is 9.43. The number of piperidine rings is 1. The molecule has 0 radical (unpaired) electrons. The molecule has 20 heavy (non-hydrogen) atoms. The van der Waals surface area contributed by atoms with E-state index in [1.165, 1.54) is 0 Å². The highest BCUT2D eigenvalue weighted by atomic mass is 32.2. The van der Waals surface area contributed by atoms with Crippen LogP contribution in [0.1, 0.15) is 26.2 Å². The number of carboxylic acids is 1. The highest BCUT2D eigenvalue weighted by Crippen LogP contribution is 2.15. The summed E-state index contributed by atoms with van der Waals surface area (Å²) >= 11 is 0. The lowest BCUT2D eigenvalue weighted by Crippen LogP contribution is -2.42. The molecule has 6 nitrogen and oxygen atoms in total. The molecule has 1 heterocycles. The molecule has 1 rings (SSSR count). The van der Waals surface area contributed by atoms with Crippen LogP contribution in [-0.2, 0) is 14.6 Å². The van der Waals surface area contributed by atoms with Gasteiger partial charge in [0, 0.05) is 18.8 Å². The van der Waals surface area contributed by atoms with Gasteiger partial charge in [-0.15, -0.1) is 0 Å². The fraction of sp³-hybridized carbons (Fsp3) is 0.923. The summed E-state index contributed by atoms with van der Waals surface area (Å²) in [6.07, 6.45) is 2.79. The largest absolute Gasteiger partial charge is 0.480 e. The van der Waals surface area contributed by atoms with E-state index in [4.69, 9.17) is 5.11 Å². The minimum atomic E-state index is -2.91. The van der Waals surface area contributed by atoms with Crippen LogP contribution in [0.15, 0.2) is 0 Å². The predicted octanol–water partition coefficient (Wildman–Crippen LogP) is 0.197. The van der Waals surface area contributed by atoms with Gasteiger partial charge in [0.1, 0.15) is 0 Å². The number of nitrogens with one attached hydrogen (secondary N) is 1. The summed E-state index contributed by atoms with van der Waals surface area (Å²) in [6, 6.07) is 0. The molecule has 7 heteroatoms. The molecule has 0 aromatic carbocycles. The molecule has 0 saturated carbocycles. The number of hydrogen-bond acceptors (Lipinski definition) is 5. The molecule has 0 amide bonds. The first-order valence-electron chi connectivity index (χ1n) is 7.28. The number of nitrogens with zero attached hydrogens (tertiary/aromatic N) is 1. The Labute approximate surface area is 121 Å². The Hall–Kier alpha value is -0.660. The summed E-state index contributed by atoms with van der Waals surface area (Å²) in [5.74, 6) is 0.0703. The van der Waals surface area contributed by atoms with Gasteiger partial charge in [-0.3, -0.25) is 4.79 Å². The van der Waals surface area contributed by atoms with Crippen molar-refractivity contribution >= 4 is 15.8 Å². The highest BCUT2D eigenvalue weighted by Gasteiger charge is 2.21. The molecule has 1 atom stereocenters. The zero-order valence-electron chi connectivity index (χ0n) is 12.2. The maximum atomic E-state index is 11.7. The van der Waals surface area contributed by atoms with Crippen LogP contribution < -0.4 is 5.32 Å². The number of carbonyl (C=O) groups is 1. The fourth-order valence-electron chi connectivity index (χ4n) is 2.59. The monoisotopic (exact) mass is 306 g/mol. The van der Waals surface area contributed by atoms with E-state index < -0.39 is 15.8 Å². The standard InChI is InChI=1S/C13H26N2O4S/c1-2-7-20(18,19)8-6-15-5-3-4-12(11-15)9-14-10-13(16)17/h12,14H,2-11H2,1H3,(H,16,17). The quantitative estimate of drug-likeness (QED) is 0.633. The van der Waals surface area contributed by atoms with Gasteiger partial charge < -0.3 is 15.3 Å². The van der Waals surface area contributed by atoms with E-state index in [2.05, 4.69) is 10.2 Å². The second-order valence-corrected chi connectivity index (χ2v) is 7.79. The Morgan fingerprint density at radius 2 is 2.15 bits per heavy atom. The maximum absolute atomic E-state index is 11.7. The van der Waals surface area contributed by atoms with Crippen LogP contribution in [0, 0.1) is 5.92 Å². The summed E-state index contributed by atoms with van der Waals surface area (Å²) in [6.45, 7) is 4.94. The molecule has 0 bridgehead atoms. The lowest BCUT2D eigenvalue weighted by molar-refractivity contribution is -0.136. The van der Waals surface area contributed by atoms with Gasteiger partial charge in [-0.25, -0.2) is 8.42 Å². The first-order valence-corrected chi connectivity index (χ1v) is 9.10.